The number of nitrogens with one attached hydrogen (secondary N) is 1. The van der Waals surface area contributed by atoms with Gasteiger partial charge in [0.05, 0.1) is 6.61 Å². The second kappa shape index (κ2) is 10.1. The third-order valence-corrected chi connectivity index (χ3v) is 5.21. The van der Waals surface area contributed by atoms with Gasteiger partial charge in [0.25, 0.3) is 0 Å². The number of benzene rings is 3. The molecule has 0 aliphatic carbocycles. The van der Waals surface area contributed by atoms with Crippen LogP contribution in [0.1, 0.15) is 23.6 Å². The van der Waals surface area contributed by atoms with Crippen molar-refractivity contribution in [1.29, 1.82) is 0 Å². The van der Waals surface area contributed by atoms with Crippen molar-refractivity contribution in [2.45, 2.75) is 27.0 Å². The molecule has 3 aromatic carbocycles. The molecule has 0 fully saturated rings. The molecule has 0 aliphatic rings. The molecule has 3 aromatic rings. The van der Waals surface area contributed by atoms with Crippen LogP contribution in [0.5, 0.6) is 11.5 Å². The van der Waals surface area contributed by atoms with E-state index in [2.05, 4.69) is 5.32 Å². The van der Waals surface area contributed by atoms with Crippen LogP contribution in [0.15, 0.2) is 54.6 Å². The predicted molar refractivity (Wildman–Crippen MR) is 122 cm³/mol. The molecular weight excluding hydrogens is 429 g/mol. The highest BCUT2D eigenvalue weighted by Gasteiger charge is 2.09. The second-order valence-electron chi connectivity index (χ2n) is 6.55. The summed E-state index contributed by atoms with van der Waals surface area (Å²) in [7, 11) is 0. The average molecular weight is 451 g/mol. The molecule has 0 saturated heterocycles. The Morgan fingerprint density at radius 1 is 0.828 bits per heavy atom. The van der Waals surface area contributed by atoms with Crippen molar-refractivity contribution in [3.8, 4) is 11.5 Å². The first-order chi connectivity index (χ1) is 14.0. The van der Waals surface area contributed by atoms with Crippen molar-refractivity contribution < 1.29 is 9.47 Å². The Kier molecular flexibility index (Phi) is 7.54. The van der Waals surface area contributed by atoms with Crippen molar-refractivity contribution >= 4 is 40.5 Å². The third kappa shape index (κ3) is 5.96. The van der Waals surface area contributed by atoms with Crippen LogP contribution >= 0.6 is 34.8 Å². The SMILES string of the molecule is CCOc1cc(CNc2cc(Cl)ccc2C)ccc1OCc1ccc(Cl)cc1Cl. The van der Waals surface area contributed by atoms with Gasteiger partial charge in [0.1, 0.15) is 6.61 Å². The highest BCUT2D eigenvalue weighted by Crippen LogP contribution is 2.31. The van der Waals surface area contributed by atoms with E-state index in [1.54, 1.807) is 12.1 Å². The minimum Gasteiger partial charge on any atom is -0.490 e. The molecule has 0 heterocycles. The summed E-state index contributed by atoms with van der Waals surface area (Å²) < 4.78 is 11.7. The van der Waals surface area contributed by atoms with Crippen molar-refractivity contribution in [1.82, 2.24) is 0 Å². The zero-order valence-corrected chi connectivity index (χ0v) is 18.5. The largest absolute Gasteiger partial charge is 0.490 e. The lowest BCUT2D eigenvalue weighted by Gasteiger charge is -2.15. The van der Waals surface area contributed by atoms with Gasteiger partial charge < -0.3 is 14.8 Å². The Hall–Kier alpha value is -2.07. The van der Waals surface area contributed by atoms with Gasteiger partial charge in [-0.05, 0) is 61.4 Å². The fourth-order valence-electron chi connectivity index (χ4n) is 2.83. The number of hydrogen-bond acceptors (Lipinski definition) is 3. The van der Waals surface area contributed by atoms with Gasteiger partial charge in [0.2, 0.25) is 0 Å². The summed E-state index contributed by atoms with van der Waals surface area (Å²) in [6.45, 7) is 5.51. The smallest absolute Gasteiger partial charge is 0.161 e. The van der Waals surface area contributed by atoms with Crippen LogP contribution in [-0.4, -0.2) is 6.61 Å². The minimum absolute atomic E-state index is 0.329. The number of hydrogen-bond donors (Lipinski definition) is 1. The van der Waals surface area contributed by atoms with Gasteiger partial charge in [-0.2, -0.15) is 0 Å². The molecule has 1 N–H and O–H groups in total. The van der Waals surface area contributed by atoms with Crippen molar-refractivity contribution in [2.75, 3.05) is 11.9 Å². The number of anilines is 1. The number of ether oxygens (including phenoxy) is 2. The number of halogens is 3. The van der Waals surface area contributed by atoms with E-state index in [-0.39, 0.29) is 0 Å². The van der Waals surface area contributed by atoms with Crippen molar-refractivity contribution in [3.05, 3.63) is 86.4 Å². The van der Waals surface area contributed by atoms with E-state index in [4.69, 9.17) is 44.3 Å². The first-order valence-electron chi connectivity index (χ1n) is 9.28. The van der Waals surface area contributed by atoms with Gasteiger partial charge in [-0.1, -0.05) is 53.0 Å². The molecule has 0 atom stereocenters. The van der Waals surface area contributed by atoms with Gasteiger partial charge in [-0.3, -0.25) is 0 Å². The van der Waals surface area contributed by atoms with Crippen LogP contribution in [0, 0.1) is 6.92 Å². The van der Waals surface area contributed by atoms with Gasteiger partial charge in [-0.25, -0.2) is 0 Å². The third-order valence-electron chi connectivity index (χ3n) is 4.39. The molecule has 0 bridgehead atoms. The number of rotatable bonds is 8. The van der Waals surface area contributed by atoms with E-state index in [0.29, 0.717) is 46.3 Å². The molecule has 29 heavy (non-hydrogen) atoms. The van der Waals surface area contributed by atoms with Crippen LogP contribution in [0.25, 0.3) is 0 Å². The summed E-state index contributed by atoms with van der Waals surface area (Å²) in [5, 5.41) is 5.30. The van der Waals surface area contributed by atoms with Crippen LogP contribution in [0.3, 0.4) is 0 Å². The second-order valence-corrected chi connectivity index (χ2v) is 7.83. The summed E-state index contributed by atoms with van der Waals surface area (Å²) in [5.41, 5.74) is 4.08. The van der Waals surface area contributed by atoms with Crippen LogP contribution < -0.4 is 14.8 Å². The van der Waals surface area contributed by atoms with E-state index in [9.17, 15) is 0 Å². The van der Waals surface area contributed by atoms with E-state index in [0.717, 1.165) is 22.4 Å². The molecule has 3 rings (SSSR count). The first kappa shape index (κ1) is 21.6. The van der Waals surface area contributed by atoms with Gasteiger partial charge in [-0.15, -0.1) is 0 Å². The molecule has 0 radical (unpaired) electrons. The molecule has 0 unspecified atom stereocenters. The quantitative estimate of drug-likeness (QED) is 0.384. The monoisotopic (exact) mass is 449 g/mol. The summed E-state index contributed by atoms with van der Waals surface area (Å²) in [6, 6.07) is 17.1. The highest BCUT2D eigenvalue weighted by atomic mass is 35.5. The molecule has 152 valence electrons. The predicted octanol–water partition coefficient (Wildman–Crippen LogP) is 7.55. The standard InChI is InChI=1S/C23H22Cl3NO2/c1-3-28-23-10-16(13-27-21-12-19(25)7-4-15(21)2)5-9-22(23)29-14-17-6-8-18(24)11-20(17)26/h4-12,27H,3,13-14H2,1-2H3. The van der Waals surface area contributed by atoms with Gasteiger partial charge in [0.15, 0.2) is 11.5 Å². The molecular formula is C23H22Cl3NO2. The maximum atomic E-state index is 6.23. The Labute approximate surface area is 186 Å². The van der Waals surface area contributed by atoms with E-state index >= 15 is 0 Å². The number of aryl methyl sites for hydroxylation is 1. The lowest BCUT2D eigenvalue weighted by atomic mass is 10.1. The van der Waals surface area contributed by atoms with Crippen LogP contribution in [-0.2, 0) is 13.2 Å². The van der Waals surface area contributed by atoms with Gasteiger partial charge >= 0.3 is 0 Å². The Balaban J connectivity index is 1.71. The zero-order chi connectivity index (χ0) is 20.8. The molecule has 0 aromatic heterocycles. The Bertz CT molecular complexity index is 992. The molecule has 3 nitrogen and oxygen atoms in total. The Morgan fingerprint density at radius 2 is 1.59 bits per heavy atom. The lowest BCUT2D eigenvalue weighted by Crippen LogP contribution is -2.04. The average Bonchev–Trinajstić information content (AvgIpc) is 2.69. The highest BCUT2D eigenvalue weighted by molar-refractivity contribution is 6.35. The Morgan fingerprint density at radius 3 is 2.34 bits per heavy atom. The molecule has 0 spiro atoms. The molecule has 0 amide bonds. The maximum absolute atomic E-state index is 6.23. The minimum atomic E-state index is 0.329. The maximum Gasteiger partial charge on any atom is 0.161 e. The van der Waals surface area contributed by atoms with E-state index in [1.165, 1.54) is 0 Å². The van der Waals surface area contributed by atoms with E-state index in [1.807, 2.05) is 56.3 Å². The van der Waals surface area contributed by atoms with E-state index < -0.39 is 0 Å². The summed E-state index contributed by atoms with van der Waals surface area (Å²) in [6.07, 6.45) is 0. The van der Waals surface area contributed by atoms with Crippen molar-refractivity contribution in [3.63, 3.8) is 0 Å². The molecule has 0 aliphatic heterocycles. The summed E-state index contributed by atoms with van der Waals surface area (Å²) in [4.78, 5) is 0. The fourth-order valence-corrected chi connectivity index (χ4v) is 3.46. The normalized spacial score (nSPS) is 10.7. The van der Waals surface area contributed by atoms with Crippen LogP contribution in [0.2, 0.25) is 15.1 Å². The first-order valence-corrected chi connectivity index (χ1v) is 10.4. The molecule has 6 heteroatoms. The zero-order valence-electron chi connectivity index (χ0n) is 16.3. The summed E-state index contributed by atoms with van der Waals surface area (Å²) in [5.74, 6) is 1.36. The van der Waals surface area contributed by atoms with Crippen molar-refractivity contribution in [2.24, 2.45) is 0 Å². The summed E-state index contributed by atoms with van der Waals surface area (Å²) >= 11 is 18.3. The lowest BCUT2D eigenvalue weighted by molar-refractivity contribution is 0.269. The molecule has 0 saturated carbocycles. The van der Waals surface area contributed by atoms with Crippen LogP contribution in [0.4, 0.5) is 5.69 Å². The topological polar surface area (TPSA) is 30.5 Å². The fraction of sp³-hybridized carbons (Fsp3) is 0.217. The van der Waals surface area contributed by atoms with Gasteiger partial charge in [0, 0.05) is 32.9 Å².